The molecule has 1 aliphatic heterocycles. The number of nitrogens with zero attached hydrogens (tertiary/aromatic N) is 1. The second kappa shape index (κ2) is 6.19. The molecule has 0 aromatic carbocycles. The van der Waals surface area contributed by atoms with Gasteiger partial charge in [-0.1, -0.05) is 32.6 Å². The molecule has 0 radical (unpaired) electrons. The molecule has 0 aromatic heterocycles. The summed E-state index contributed by atoms with van der Waals surface area (Å²) in [7, 11) is 2.36. The van der Waals surface area contributed by atoms with Crippen LogP contribution in [0.25, 0.3) is 0 Å². The maximum absolute atomic E-state index is 3.57. The third-order valence-corrected chi connectivity index (χ3v) is 4.76. The molecule has 0 amide bonds. The van der Waals surface area contributed by atoms with Gasteiger partial charge in [0.15, 0.2) is 0 Å². The molecule has 2 fully saturated rings. The molecule has 1 heterocycles. The zero-order chi connectivity index (χ0) is 12.1. The van der Waals surface area contributed by atoms with E-state index in [2.05, 4.69) is 24.2 Å². The molecule has 17 heavy (non-hydrogen) atoms. The van der Waals surface area contributed by atoms with E-state index in [1.807, 2.05) is 0 Å². The number of rotatable bonds is 3. The molecule has 2 aliphatic rings. The minimum Gasteiger partial charge on any atom is -0.316 e. The molecule has 1 unspecified atom stereocenters. The van der Waals surface area contributed by atoms with Gasteiger partial charge in [0.1, 0.15) is 0 Å². The summed E-state index contributed by atoms with van der Waals surface area (Å²) in [5.41, 5.74) is 0.513. The minimum atomic E-state index is 0.513. The van der Waals surface area contributed by atoms with Gasteiger partial charge in [0.05, 0.1) is 0 Å². The van der Waals surface area contributed by atoms with Crippen molar-refractivity contribution in [1.29, 1.82) is 0 Å². The Bertz CT molecular complexity index is 213. The fourth-order valence-electron chi connectivity index (χ4n) is 3.68. The van der Waals surface area contributed by atoms with Crippen molar-refractivity contribution in [1.82, 2.24) is 10.2 Å². The summed E-state index contributed by atoms with van der Waals surface area (Å²) in [6, 6.07) is 0.858. The van der Waals surface area contributed by atoms with Crippen LogP contribution in [0.4, 0.5) is 0 Å². The summed E-state index contributed by atoms with van der Waals surface area (Å²) in [5.74, 6) is 0. The summed E-state index contributed by atoms with van der Waals surface area (Å²) in [6.45, 7) is 6.18. The Morgan fingerprint density at radius 1 is 1.12 bits per heavy atom. The Morgan fingerprint density at radius 3 is 2.41 bits per heavy atom. The summed E-state index contributed by atoms with van der Waals surface area (Å²) in [4.78, 5) is 2.66. The van der Waals surface area contributed by atoms with Crippen LogP contribution in [-0.2, 0) is 0 Å². The normalized spacial score (nSPS) is 32.6. The van der Waals surface area contributed by atoms with Gasteiger partial charge in [-0.2, -0.15) is 0 Å². The predicted molar refractivity (Wildman–Crippen MR) is 74.3 cm³/mol. The molecule has 0 bridgehead atoms. The molecule has 0 aromatic rings. The van der Waals surface area contributed by atoms with E-state index in [1.165, 1.54) is 71.0 Å². The van der Waals surface area contributed by atoms with Gasteiger partial charge in [0.25, 0.3) is 0 Å². The van der Waals surface area contributed by atoms with Crippen molar-refractivity contribution >= 4 is 0 Å². The Balaban J connectivity index is 1.83. The largest absolute Gasteiger partial charge is 0.316 e. The fraction of sp³-hybridized carbons (Fsp3) is 1.00. The molecule has 1 saturated heterocycles. The van der Waals surface area contributed by atoms with Gasteiger partial charge in [0.2, 0.25) is 0 Å². The lowest BCUT2D eigenvalue weighted by Gasteiger charge is -2.40. The molecule has 1 N–H and O–H groups in total. The van der Waals surface area contributed by atoms with E-state index in [0.29, 0.717) is 5.41 Å². The summed E-state index contributed by atoms with van der Waals surface area (Å²) in [6.07, 6.45) is 11.4. The first-order valence-corrected chi connectivity index (χ1v) is 7.61. The van der Waals surface area contributed by atoms with E-state index in [1.54, 1.807) is 0 Å². The van der Waals surface area contributed by atoms with Crippen LogP contribution in [0.3, 0.4) is 0 Å². The first kappa shape index (κ1) is 13.4. The Kier molecular flexibility index (Phi) is 4.87. The Hall–Kier alpha value is -0.0800. The molecule has 1 atom stereocenters. The molecule has 1 aliphatic carbocycles. The van der Waals surface area contributed by atoms with Crippen molar-refractivity contribution < 1.29 is 0 Å². The summed E-state index contributed by atoms with van der Waals surface area (Å²) >= 11 is 0. The predicted octanol–water partition coefficient (Wildman–Crippen LogP) is 3.03. The number of hydrogen-bond donors (Lipinski definition) is 1. The third-order valence-electron chi connectivity index (χ3n) is 4.76. The van der Waals surface area contributed by atoms with Gasteiger partial charge in [0, 0.05) is 19.1 Å². The highest BCUT2D eigenvalue weighted by molar-refractivity contribution is 4.86. The van der Waals surface area contributed by atoms with Crippen LogP contribution in [0.15, 0.2) is 0 Å². The maximum Gasteiger partial charge on any atom is 0.00924 e. The Labute approximate surface area is 107 Å². The van der Waals surface area contributed by atoms with E-state index in [0.717, 1.165) is 6.04 Å². The molecule has 0 spiro atoms. The average molecular weight is 238 g/mol. The van der Waals surface area contributed by atoms with Crippen LogP contribution in [0.1, 0.15) is 58.3 Å². The highest BCUT2D eigenvalue weighted by atomic mass is 15.1. The van der Waals surface area contributed by atoms with E-state index in [9.17, 15) is 0 Å². The Morgan fingerprint density at radius 2 is 1.82 bits per heavy atom. The van der Waals surface area contributed by atoms with Crippen molar-refractivity contribution in [2.45, 2.75) is 64.3 Å². The van der Waals surface area contributed by atoms with Crippen LogP contribution in [0.5, 0.6) is 0 Å². The van der Waals surface area contributed by atoms with Crippen molar-refractivity contribution in [3.63, 3.8) is 0 Å². The van der Waals surface area contributed by atoms with Crippen LogP contribution >= 0.6 is 0 Å². The topological polar surface area (TPSA) is 15.3 Å². The van der Waals surface area contributed by atoms with Crippen molar-refractivity contribution in [3.05, 3.63) is 0 Å². The highest BCUT2D eigenvalue weighted by Crippen LogP contribution is 2.29. The number of nitrogens with one attached hydrogen (secondary N) is 1. The zero-order valence-electron chi connectivity index (χ0n) is 11.8. The van der Waals surface area contributed by atoms with Gasteiger partial charge < -0.3 is 10.2 Å². The third kappa shape index (κ3) is 3.96. The molecular formula is C15H30N2. The SMILES string of the molecule is CN(CC1(C)CCCNC1)C1CCCCCC1. The van der Waals surface area contributed by atoms with Gasteiger partial charge in [-0.15, -0.1) is 0 Å². The van der Waals surface area contributed by atoms with E-state index in [4.69, 9.17) is 0 Å². The van der Waals surface area contributed by atoms with E-state index >= 15 is 0 Å². The molecule has 100 valence electrons. The van der Waals surface area contributed by atoms with Gasteiger partial charge >= 0.3 is 0 Å². The average Bonchev–Trinajstić information content (AvgIpc) is 2.57. The maximum atomic E-state index is 3.57. The monoisotopic (exact) mass is 238 g/mol. The van der Waals surface area contributed by atoms with E-state index in [-0.39, 0.29) is 0 Å². The molecule has 1 saturated carbocycles. The smallest absolute Gasteiger partial charge is 0.00924 e. The second-order valence-electron chi connectivity index (χ2n) is 6.65. The van der Waals surface area contributed by atoms with Crippen LogP contribution in [-0.4, -0.2) is 37.6 Å². The summed E-state index contributed by atoms with van der Waals surface area (Å²) < 4.78 is 0. The number of hydrogen-bond acceptors (Lipinski definition) is 2. The summed E-state index contributed by atoms with van der Waals surface area (Å²) in [5, 5.41) is 3.57. The fourth-order valence-corrected chi connectivity index (χ4v) is 3.68. The van der Waals surface area contributed by atoms with Crippen LogP contribution in [0, 0.1) is 5.41 Å². The van der Waals surface area contributed by atoms with Gasteiger partial charge in [-0.05, 0) is 44.7 Å². The first-order valence-electron chi connectivity index (χ1n) is 7.61. The van der Waals surface area contributed by atoms with Gasteiger partial charge in [-0.25, -0.2) is 0 Å². The van der Waals surface area contributed by atoms with Gasteiger partial charge in [-0.3, -0.25) is 0 Å². The molecule has 2 nitrogen and oxygen atoms in total. The van der Waals surface area contributed by atoms with Crippen LogP contribution < -0.4 is 5.32 Å². The van der Waals surface area contributed by atoms with Crippen molar-refractivity contribution in [2.24, 2.45) is 5.41 Å². The lowest BCUT2D eigenvalue weighted by molar-refractivity contribution is 0.113. The molecule has 2 heteroatoms. The molecule has 2 rings (SSSR count). The quantitative estimate of drug-likeness (QED) is 0.760. The van der Waals surface area contributed by atoms with Crippen LogP contribution in [0.2, 0.25) is 0 Å². The zero-order valence-corrected chi connectivity index (χ0v) is 11.8. The molecular weight excluding hydrogens is 208 g/mol. The van der Waals surface area contributed by atoms with Crippen molar-refractivity contribution in [3.8, 4) is 0 Å². The second-order valence-corrected chi connectivity index (χ2v) is 6.65. The minimum absolute atomic E-state index is 0.513. The first-order chi connectivity index (χ1) is 8.20. The van der Waals surface area contributed by atoms with E-state index < -0.39 is 0 Å². The lowest BCUT2D eigenvalue weighted by Crippen LogP contribution is -2.47. The number of piperidine rings is 1. The lowest BCUT2D eigenvalue weighted by atomic mass is 9.82. The van der Waals surface area contributed by atoms with Crippen molar-refractivity contribution in [2.75, 3.05) is 26.7 Å². The standard InChI is InChI=1S/C15H30N2/c1-15(10-7-11-16-12-15)13-17(2)14-8-5-3-4-6-9-14/h14,16H,3-13H2,1-2H3. The highest BCUT2D eigenvalue weighted by Gasteiger charge is 2.30.